The Labute approximate surface area is 121 Å². The number of aromatic nitrogens is 1. The maximum Gasteiger partial charge on any atom is 0.139 e. The average Bonchev–Trinajstić information content (AvgIpc) is 2.92. The first kappa shape index (κ1) is 12.5. The molecule has 0 spiro atoms. The number of hydrogen-bond acceptors (Lipinski definition) is 4. The summed E-state index contributed by atoms with van der Waals surface area (Å²) in [5, 5.41) is 4.23. The molecule has 0 amide bonds. The second-order valence-electron chi connectivity index (χ2n) is 5.82. The van der Waals surface area contributed by atoms with Gasteiger partial charge in [-0.15, -0.1) is 0 Å². The Hall–Kier alpha value is -1.20. The van der Waals surface area contributed by atoms with Crippen molar-refractivity contribution < 1.29 is 9.13 Å². The van der Waals surface area contributed by atoms with E-state index in [1.807, 2.05) is 0 Å². The molecule has 3 nitrogen and oxygen atoms in total. The molecular weight excluding hydrogens is 275 g/mol. The number of hydrogen-bond donors (Lipinski definition) is 1. The third kappa shape index (κ3) is 2.19. The molecule has 2 aromatic rings. The van der Waals surface area contributed by atoms with E-state index in [9.17, 15) is 4.39 Å². The number of nitrogens with zero attached hydrogens (tertiary/aromatic N) is 1. The third-order valence-corrected chi connectivity index (χ3v) is 5.21. The highest BCUT2D eigenvalue weighted by atomic mass is 32.1. The van der Waals surface area contributed by atoms with Crippen LogP contribution in [-0.2, 0) is 0 Å². The molecule has 3 heterocycles. The summed E-state index contributed by atoms with van der Waals surface area (Å²) in [6.45, 7) is 0. The number of benzene rings is 1. The standard InChI is InChI=1S/C15H17FN2OS/c16-13-4-5-14(15-12(13)8-17-20-15)19-11-6-9-2-1-3-10(7-11)18-9/h4-5,8-11,18H,1-3,6-7H2/t9-,10+,11-. The quantitative estimate of drug-likeness (QED) is 0.920. The number of ether oxygens (including phenoxy) is 1. The van der Waals surface area contributed by atoms with Gasteiger partial charge in [0.1, 0.15) is 17.7 Å². The minimum absolute atomic E-state index is 0.219. The van der Waals surface area contributed by atoms with Crippen molar-refractivity contribution in [1.82, 2.24) is 9.69 Å². The molecule has 0 radical (unpaired) electrons. The molecule has 4 rings (SSSR count). The lowest BCUT2D eigenvalue weighted by atomic mass is 9.85. The fraction of sp³-hybridized carbons (Fsp3) is 0.533. The maximum atomic E-state index is 13.7. The van der Waals surface area contributed by atoms with E-state index >= 15 is 0 Å². The third-order valence-electron chi connectivity index (χ3n) is 4.40. The lowest BCUT2D eigenvalue weighted by Crippen LogP contribution is -2.51. The average molecular weight is 292 g/mol. The summed E-state index contributed by atoms with van der Waals surface area (Å²) in [5.41, 5.74) is 0. The number of halogens is 1. The van der Waals surface area contributed by atoms with Gasteiger partial charge in [0.25, 0.3) is 0 Å². The minimum atomic E-state index is -0.219. The van der Waals surface area contributed by atoms with Crippen molar-refractivity contribution in [3.8, 4) is 5.75 Å². The van der Waals surface area contributed by atoms with Crippen LogP contribution in [0.25, 0.3) is 10.1 Å². The van der Waals surface area contributed by atoms with Gasteiger partial charge in [0.15, 0.2) is 0 Å². The first-order valence-electron chi connectivity index (χ1n) is 7.25. The van der Waals surface area contributed by atoms with E-state index < -0.39 is 0 Å². The normalized spacial score (nSPS) is 29.6. The van der Waals surface area contributed by atoms with Gasteiger partial charge in [-0.25, -0.2) is 4.39 Å². The fourth-order valence-corrected chi connectivity index (χ4v) is 4.20. The molecule has 1 aromatic heterocycles. The fourth-order valence-electron chi connectivity index (χ4n) is 3.48. The van der Waals surface area contributed by atoms with Crippen LogP contribution >= 0.6 is 11.5 Å². The van der Waals surface area contributed by atoms with Gasteiger partial charge >= 0.3 is 0 Å². The van der Waals surface area contributed by atoms with Crippen LogP contribution < -0.4 is 10.1 Å². The smallest absolute Gasteiger partial charge is 0.139 e. The van der Waals surface area contributed by atoms with E-state index in [1.165, 1.54) is 36.9 Å². The molecule has 3 atom stereocenters. The molecule has 1 N–H and O–H groups in total. The van der Waals surface area contributed by atoms with Crippen LogP contribution in [0.3, 0.4) is 0 Å². The summed E-state index contributed by atoms with van der Waals surface area (Å²) in [4.78, 5) is 0. The van der Waals surface area contributed by atoms with Gasteiger partial charge in [0.05, 0.1) is 16.3 Å². The van der Waals surface area contributed by atoms with E-state index in [-0.39, 0.29) is 11.9 Å². The van der Waals surface area contributed by atoms with Crippen LogP contribution in [-0.4, -0.2) is 22.6 Å². The second kappa shape index (κ2) is 4.97. The maximum absolute atomic E-state index is 13.7. The minimum Gasteiger partial charge on any atom is -0.489 e. The molecule has 2 fully saturated rings. The number of rotatable bonds is 2. The molecule has 20 heavy (non-hydrogen) atoms. The van der Waals surface area contributed by atoms with Crippen LogP contribution in [0.2, 0.25) is 0 Å². The van der Waals surface area contributed by atoms with Crippen molar-refractivity contribution in [2.24, 2.45) is 0 Å². The molecule has 0 unspecified atom stereocenters. The van der Waals surface area contributed by atoms with Crippen molar-refractivity contribution >= 4 is 21.6 Å². The predicted octanol–water partition coefficient (Wildman–Crippen LogP) is 3.49. The van der Waals surface area contributed by atoms with E-state index in [4.69, 9.17) is 4.74 Å². The predicted molar refractivity (Wildman–Crippen MR) is 77.8 cm³/mol. The molecule has 106 valence electrons. The Bertz CT molecular complexity index is 617. The largest absolute Gasteiger partial charge is 0.489 e. The van der Waals surface area contributed by atoms with Crippen LogP contribution in [0.4, 0.5) is 4.39 Å². The topological polar surface area (TPSA) is 34.1 Å². The summed E-state index contributed by atoms with van der Waals surface area (Å²) < 4.78 is 24.8. The first-order valence-corrected chi connectivity index (χ1v) is 8.02. The van der Waals surface area contributed by atoms with Crippen LogP contribution in [0, 0.1) is 5.82 Å². The summed E-state index contributed by atoms with van der Waals surface area (Å²) in [6, 6.07) is 4.40. The number of nitrogens with one attached hydrogen (secondary N) is 1. The zero-order chi connectivity index (χ0) is 13.5. The van der Waals surface area contributed by atoms with Gasteiger partial charge in [-0.3, -0.25) is 0 Å². The zero-order valence-electron chi connectivity index (χ0n) is 11.1. The van der Waals surface area contributed by atoms with Crippen LogP contribution in [0.5, 0.6) is 5.75 Å². The highest BCUT2D eigenvalue weighted by molar-refractivity contribution is 7.13. The van der Waals surface area contributed by atoms with Crippen molar-refractivity contribution in [2.45, 2.75) is 50.3 Å². The summed E-state index contributed by atoms with van der Waals surface area (Å²) in [5.74, 6) is 0.567. The SMILES string of the molecule is Fc1ccc(O[C@@H]2C[C@H]3CCC[C@@H](C2)N3)c2sncc12. The molecule has 0 aliphatic carbocycles. The monoisotopic (exact) mass is 292 g/mol. The Morgan fingerprint density at radius 1 is 1.25 bits per heavy atom. The Morgan fingerprint density at radius 3 is 2.85 bits per heavy atom. The van der Waals surface area contributed by atoms with Gasteiger partial charge in [-0.1, -0.05) is 6.42 Å². The van der Waals surface area contributed by atoms with Crippen molar-refractivity contribution in [1.29, 1.82) is 0 Å². The number of fused-ring (bicyclic) bond motifs is 3. The van der Waals surface area contributed by atoms with Crippen LogP contribution in [0.15, 0.2) is 18.3 Å². The molecule has 0 saturated carbocycles. The first-order chi connectivity index (χ1) is 9.79. The lowest BCUT2D eigenvalue weighted by molar-refractivity contribution is 0.0940. The Kier molecular flexibility index (Phi) is 3.11. The summed E-state index contributed by atoms with van der Waals surface area (Å²) >= 11 is 1.31. The highest BCUT2D eigenvalue weighted by Crippen LogP contribution is 2.34. The Balaban J connectivity index is 1.58. The second-order valence-corrected chi connectivity index (χ2v) is 6.62. The molecule has 2 aliphatic rings. The van der Waals surface area contributed by atoms with Gasteiger partial charge in [-0.2, -0.15) is 4.37 Å². The molecular formula is C15H17FN2OS. The Morgan fingerprint density at radius 2 is 2.05 bits per heavy atom. The highest BCUT2D eigenvalue weighted by Gasteiger charge is 2.32. The molecule has 2 saturated heterocycles. The van der Waals surface area contributed by atoms with Crippen LogP contribution in [0.1, 0.15) is 32.1 Å². The van der Waals surface area contributed by atoms with Crippen molar-refractivity contribution in [3.05, 3.63) is 24.1 Å². The van der Waals surface area contributed by atoms with Gasteiger partial charge in [0.2, 0.25) is 0 Å². The van der Waals surface area contributed by atoms with E-state index in [2.05, 4.69) is 9.69 Å². The van der Waals surface area contributed by atoms with Gasteiger partial charge < -0.3 is 10.1 Å². The van der Waals surface area contributed by atoms with Crippen molar-refractivity contribution in [2.75, 3.05) is 0 Å². The summed E-state index contributed by atoms with van der Waals surface area (Å²) in [7, 11) is 0. The van der Waals surface area contributed by atoms with E-state index in [0.717, 1.165) is 23.3 Å². The van der Waals surface area contributed by atoms with Crippen molar-refractivity contribution in [3.63, 3.8) is 0 Å². The lowest BCUT2D eigenvalue weighted by Gasteiger charge is -2.40. The molecule has 2 aliphatic heterocycles. The molecule has 1 aromatic carbocycles. The van der Waals surface area contributed by atoms with E-state index in [0.29, 0.717) is 17.5 Å². The van der Waals surface area contributed by atoms with Gasteiger partial charge in [0, 0.05) is 12.1 Å². The van der Waals surface area contributed by atoms with Gasteiger partial charge in [-0.05, 0) is 49.3 Å². The van der Waals surface area contributed by atoms with E-state index in [1.54, 1.807) is 12.3 Å². The summed E-state index contributed by atoms with van der Waals surface area (Å²) in [6.07, 6.45) is 7.74. The molecule has 5 heteroatoms. The number of piperidine rings is 2. The zero-order valence-corrected chi connectivity index (χ0v) is 12.0. The molecule has 2 bridgehead atoms.